The van der Waals surface area contributed by atoms with E-state index < -0.39 is 34.4 Å². The van der Waals surface area contributed by atoms with Crippen molar-refractivity contribution in [1.82, 2.24) is 19.9 Å². The van der Waals surface area contributed by atoms with Crippen LogP contribution in [0.5, 0.6) is 0 Å². The lowest BCUT2D eigenvalue weighted by Crippen LogP contribution is -2.38. The summed E-state index contributed by atoms with van der Waals surface area (Å²) in [5, 5.41) is 4.38. The number of hydrogen-bond donors (Lipinski definition) is 4. The first-order chi connectivity index (χ1) is 10.7. The van der Waals surface area contributed by atoms with Crippen LogP contribution in [0.1, 0.15) is 33.8 Å². The monoisotopic (exact) mass is 347 g/mol. The average Bonchev–Trinajstić information content (AvgIpc) is 2.89. The number of urea groups is 1. The number of primary amides is 1. The van der Waals surface area contributed by atoms with Crippen molar-refractivity contribution >= 4 is 22.3 Å². The van der Waals surface area contributed by atoms with E-state index in [1.165, 1.54) is 4.90 Å². The smallest absolute Gasteiger partial charge is 0.364 e. The van der Waals surface area contributed by atoms with Crippen molar-refractivity contribution in [3.05, 3.63) is 17.0 Å². The molecular weight excluding hydrogens is 334 g/mol. The van der Waals surface area contributed by atoms with Crippen molar-refractivity contribution in [2.24, 2.45) is 11.5 Å². The maximum atomic E-state index is 12.3. The SMILES string of the molecule is NCC1c2nn(N)c(C(N)=O)c2C2CN1C(=O)N2OS(=O)(=O)O. The summed E-state index contributed by atoms with van der Waals surface area (Å²) < 4.78 is 35.1. The predicted molar refractivity (Wildman–Crippen MR) is 72.0 cm³/mol. The van der Waals surface area contributed by atoms with Crippen molar-refractivity contribution in [2.75, 3.05) is 18.9 Å². The highest BCUT2D eigenvalue weighted by Crippen LogP contribution is 2.44. The number of carbonyl (C=O) groups is 2. The second kappa shape index (κ2) is 4.79. The second-order valence-corrected chi connectivity index (χ2v) is 5.99. The Hall–Kier alpha value is -2.42. The normalized spacial score (nSPS) is 23.3. The number of aromatic nitrogens is 2. The van der Waals surface area contributed by atoms with Crippen LogP contribution in [0.15, 0.2) is 0 Å². The molecule has 2 bridgehead atoms. The Bertz CT molecular complexity index is 804. The lowest BCUT2D eigenvalue weighted by molar-refractivity contribution is -0.0318. The zero-order valence-electron chi connectivity index (χ0n) is 11.5. The Morgan fingerprint density at radius 2 is 2.13 bits per heavy atom. The van der Waals surface area contributed by atoms with Gasteiger partial charge in [-0.05, 0) is 0 Å². The third-order valence-electron chi connectivity index (χ3n) is 3.72. The van der Waals surface area contributed by atoms with E-state index >= 15 is 0 Å². The summed E-state index contributed by atoms with van der Waals surface area (Å²) in [6, 6.07) is -2.63. The van der Waals surface area contributed by atoms with E-state index in [9.17, 15) is 18.0 Å². The van der Waals surface area contributed by atoms with E-state index in [2.05, 4.69) is 9.38 Å². The maximum absolute atomic E-state index is 12.3. The molecule has 1 aromatic heterocycles. The molecule has 3 rings (SSSR count). The Labute approximate surface area is 129 Å². The fourth-order valence-corrected chi connectivity index (χ4v) is 3.29. The van der Waals surface area contributed by atoms with Crippen LogP contribution in [-0.4, -0.2) is 57.9 Å². The van der Waals surface area contributed by atoms with Gasteiger partial charge in [0.05, 0.1) is 18.3 Å². The van der Waals surface area contributed by atoms with Crippen LogP contribution in [0.2, 0.25) is 0 Å². The predicted octanol–water partition coefficient (Wildman–Crippen LogP) is -2.78. The van der Waals surface area contributed by atoms with Gasteiger partial charge in [0.1, 0.15) is 6.04 Å². The number of fused-ring (bicyclic) bond motifs is 4. The van der Waals surface area contributed by atoms with E-state index in [-0.39, 0.29) is 30.0 Å². The van der Waals surface area contributed by atoms with Crippen molar-refractivity contribution in [1.29, 1.82) is 0 Å². The van der Waals surface area contributed by atoms with Crippen LogP contribution in [0.3, 0.4) is 0 Å². The minimum Gasteiger partial charge on any atom is -0.364 e. The zero-order chi connectivity index (χ0) is 17.1. The number of rotatable bonds is 4. The van der Waals surface area contributed by atoms with Crippen molar-refractivity contribution < 1.29 is 26.8 Å². The lowest BCUT2D eigenvalue weighted by atomic mass is 9.95. The second-order valence-electron chi connectivity index (χ2n) is 4.99. The summed E-state index contributed by atoms with van der Waals surface area (Å²) in [7, 11) is -4.96. The van der Waals surface area contributed by atoms with Gasteiger partial charge in [-0.2, -0.15) is 23.4 Å². The fraction of sp³-hybridized carbons (Fsp3) is 0.444. The molecule has 13 nitrogen and oxygen atoms in total. The average molecular weight is 347 g/mol. The van der Waals surface area contributed by atoms with Gasteiger partial charge in [0.15, 0.2) is 5.69 Å². The molecule has 0 radical (unpaired) electrons. The minimum atomic E-state index is -4.96. The largest absolute Gasteiger partial charge is 0.418 e. The van der Waals surface area contributed by atoms with Gasteiger partial charge < -0.3 is 22.2 Å². The van der Waals surface area contributed by atoms with Gasteiger partial charge in [-0.1, -0.05) is 0 Å². The molecule has 2 unspecified atom stereocenters. The fourth-order valence-electron chi connectivity index (χ4n) is 2.92. The Kier molecular flexibility index (Phi) is 3.22. The molecule has 0 aliphatic carbocycles. The topological polar surface area (TPSA) is 200 Å². The summed E-state index contributed by atoms with van der Waals surface area (Å²) in [5.74, 6) is 4.69. The summed E-state index contributed by atoms with van der Waals surface area (Å²) in [4.78, 5) is 25.9. The molecule has 14 heteroatoms. The van der Waals surface area contributed by atoms with Gasteiger partial charge in [0, 0.05) is 12.1 Å². The van der Waals surface area contributed by atoms with Crippen molar-refractivity contribution in [3.63, 3.8) is 0 Å². The highest BCUT2D eigenvalue weighted by molar-refractivity contribution is 7.80. The van der Waals surface area contributed by atoms with Crippen molar-refractivity contribution in [3.8, 4) is 0 Å². The third kappa shape index (κ3) is 2.19. The van der Waals surface area contributed by atoms with Gasteiger partial charge in [0.25, 0.3) is 5.91 Å². The molecule has 0 aromatic carbocycles. The molecule has 1 fully saturated rings. The van der Waals surface area contributed by atoms with Crippen LogP contribution >= 0.6 is 0 Å². The number of hydrogen-bond acceptors (Lipinski definition) is 8. The highest BCUT2D eigenvalue weighted by Gasteiger charge is 2.53. The summed E-state index contributed by atoms with van der Waals surface area (Å²) >= 11 is 0. The number of carbonyl (C=O) groups excluding carboxylic acids is 2. The molecule has 1 aromatic rings. The van der Waals surface area contributed by atoms with E-state index in [1.54, 1.807) is 0 Å². The van der Waals surface area contributed by atoms with E-state index in [1.807, 2.05) is 0 Å². The van der Waals surface area contributed by atoms with Crippen LogP contribution in [0, 0.1) is 0 Å². The summed E-state index contributed by atoms with van der Waals surface area (Å²) in [6.07, 6.45) is 0. The first kappa shape index (κ1) is 15.5. The Morgan fingerprint density at radius 1 is 1.48 bits per heavy atom. The quantitative estimate of drug-likeness (QED) is 0.328. The number of nitrogens with two attached hydrogens (primary N) is 3. The molecule has 2 atom stereocenters. The van der Waals surface area contributed by atoms with Gasteiger partial charge in [0.2, 0.25) is 0 Å². The van der Waals surface area contributed by atoms with Crippen molar-refractivity contribution in [2.45, 2.75) is 12.1 Å². The standard InChI is InChI=1S/C9H13N7O6S/c10-1-3-6-5(7(8(11)17)16(12)13-6)4-2-14(3)9(18)15(4)22-23(19,20)21/h3-4H,1-2,10,12H2,(H2,11,17)(H,19,20,21). The number of hydroxylamine groups is 2. The molecule has 2 aliphatic rings. The van der Waals surface area contributed by atoms with E-state index in [0.29, 0.717) is 5.06 Å². The number of amides is 3. The molecule has 7 N–H and O–H groups in total. The van der Waals surface area contributed by atoms with Crippen LogP contribution in [0.25, 0.3) is 0 Å². The molecular formula is C9H13N7O6S. The molecule has 0 saturated carbocycles. The van der Waals surface area contributed by atoms with Gasteiger partial charge in [-0.25, -0.2) is 4.79 Å². The van der Waals surface area contributed by atoms with E-state index in [0.717, 1.165) is 4.79 Å². The molecule has 1 saturated heterocycles. The van der Waals surface area contributed by atoms with Gasteiger partial charge >= 0.3 is 16.4 Å². The zero-order valence-corrected chi connectivity index (χ0v) is 12.3. The number of nitrogen functional groups attached to an aromatic ring is 1. The highest BCUT2D eigenvalue weighted by atomic mass is 32.3. The van der Waals surface area contributed by atoms with Gasteiger partial charge in [-0.3, -0.25) is 9.35 Å². The van der Waals surface area contributed by atoms with Crippen LogP contribution in [0.4, 0.5) is 4.79 Å². The molecule has 3 heterocycles. The summed E-state index contributed by atoms with van der Waals surface area (Å²) in [6.45, 7) is -0.0877. The van der Waals surface area contributed by atoms with Crippen LogP contribution < -0.4 is 17.3 Å². The van der Waals surface area contributed by atoms with E-state index in [4.69, 9.17) is 21.9 Å². The number of nitrogens with zero attached hydrogens (tertiary/aromatic N) is 4. The molecule has 23 heavy (non-hydrogen) atoms. The molecule has 3 amide bonds. The maximum Gasteiger partial charge on any atom is 0.418 e. The Morgan fingerprint density at radius 3 is 2.65 bits per heavy atom. The molecule has 0 spiro atoms. The summed E-state index contributed by atoms with van der Waals surface area (Å²) in [5.41, 5.74) is 11.1. The first-order valence-corrected chi connectivity index (χ1v) is 7.66. The Balaban J connectivity index is 2.18. The molecule has 126 valence electrons. The third-order valence-corrected chi connectivity index (χ3v) is 4.07. The minimum absolute atomic E-state index is 0.0325. The molecule has 2 aliphatic heterocycles. The van der Waals surface area contributed by atoms with Crippen LogP contribution in [-0.2, 0) is 14.7 Å². The van der Waals surface area contributed by atoms with Gasteiger partial charge in [-0.15, -0.1) is 4.28 Å². The first-order valence-electron chi connectivity index (χ1n) is 6.30. The lowest BCUT2D eigenvalue weighted by Gasteiger charge is -2.28.